The Morgan fingerprint density at radius 1 is 1.44 bits per heavy atom. The summed E-state index contributed by atoms with van der Waals surface area (Å²) in [5.74, 6) is 1.61. The third kappa shape index (κ3) is 4.81. The zero-order valence-electron chi connectivity index (χ0n) is 11.1. The van der Waals surface area contributed by atoms with E-state index >= 15 is 0 Å². The fourth-order valence-electron chi connectivity index (χ4n) is 2.38. The smallest absolute Gasteiger partial charge is 0.0791 e. The Bertz CT molecular complexity index is 185. The number of aliphatic hydroxyl groups is 1. The zero-order chi connectivity index (χ0) is 12.0. The van der Waals surface area contributed by atoms with Gasteiger partial charge in [-0.1, -0.05) is 20.8 Å². The molecular formula is C13H28N2O. The van der Waals surface area contributed by atoms with Gasteiger partial charge in [0.05, 0.1) is 6.10 Å². The van der Waals surface area contributed by atoms with Crippen LogP contribution in [0.15, 0.2) is 0 Å². The van der Waals surface area contributed by atoms with E-state index in [0.29, 0.717) is 0 Å². The third-order valence-electron chi connectivity index (χ3n) is 3.53. The van der Waals surface area contributed by atoms with Crippen molar-refractivity contribution in [2.75, 3.05) is 32.7 Å². The Kier molecular flexibility index (Phi) is 6.32. The van der Waals surface area contributed by atoms with Gasteiger partial charge in [-0.15, -0.1) is 0 Å². The Labute approximate surface area is 100 Å². The first kappa shape index (κ1) is 13.9. The quantitative estimate of drug-likeness (QED) is 0.645. The number of rotatable bonds is 7. The summed E-state index contributed by atoms with van der Waals surface area (Å²) in [7, 11) is 0. The van der Waals surface area contributed by atoms with Crippen LogP contribution in [0.5, 0.6) is 0 Å². The Hall–Kier alpha value is -0.120. The van der Waals surface area contributed by atoms with Crippen molar-refractivity contribution in [3.63, 3.8) is 0 Å². The molecule has 16 heavy (non-hydrogen) atoms. The summed E-state index contributed by atoms with van der Waals surface area (Å²) in [4.78, 5) is 2.41. The van der Waals surface area contributed by atoms with Crippen LogP contribution < -0.4 is 5.32 Å². The SMILES string of the molecule is CCCNCC(O)CN1CCC(C(C)C)C1. The molecule has 1 heterocycles. The predicted octanol–water partition coefficient (Wildman–Crippen LogP) is 1.32. The van der Waals surface area contributed by atoms with Crippen LogP contribution in [0.3, 0.4) is 0 Å². The van der Waals surface area contributed by atoms with Crippen LogP contribution in [0.1, 0.15) is 33.6 Å². The van der Waals surface area contributed by atoms with Crippen molar-refractivity contribution in [2.45, 2.75) is 39.7 Å². The minimum Gasteiger partial charge on any atom is -0.390 e. The van der Waals surface area contributed by atoms with Crippen LogP contribution in [0.2, 0.25) is 0 Å². The molecule has 0 aromatic rings. The summed E-state index contributed by atoms with van der Waals surface area (Å²) in [6, 6.07) is 0. The molecule has 1 rings (SSSR count). The van der Waals surface area contributed by atoms with Crippen LogP contribution in [0.4, 0.5) is 0 Å². The lowest BCUT2D eigenvalue weighted by Crippen LogP contribution is -2.37. The second-order valence-corrected chi connectivity index (χ2v) is 5.41. The maximum absolute atomic E-state index is 9.86. The molecule has 1 aliphatic heterocycles. The van der Waals surface area contributed by atoms with Crippen molar-refractivity contribution in [3.8, 4) is 0 Å². The maximum Gasteiger partial charge on any atom is 0.0791 e. The summed E-state index contributed by atoms with van der Waals surface area (Å²) in [5, 5.41) is 13.1. The van der Waals surface area contributed by atoms with Crippen molar-refractivity contribution in [1.82, 2.24) is 10.2 Å². The van der Waals surface area contributed by atoms with E-state index in [1.54, 1.807) is 0 Å². The first-order valence-electron chi connectivity index (χ1n) is 6.74. The van der Waals surface area contributed by atoms with Gasteiger partial charge in [-0.3, -0.25) is 0 Å². The molecule has 2 unspecified atom stereocenters. The first-order chi connectivity index (χ1) is 7.63. The molecule has 1 saturated heterocycles. The van der Waals surface area contributed by atoms with Gasteiger partial charge < -0.3 is 15.3 Å². The molecule has 1 aliphatic rings. The van der Waals surface area contributed by atoms with Gasteiger partial charge >= 0.3 is 0 Å². The first-order valence-corrected chi connectivity index (χ1v) is 6.74. The summed E-state index contributed by atoms with van der Waals surface area (Å²) >= 11 is 0. The van der Waals surface area contributed by atoms with Crippen molar-refractivity contribution >= 4 is 0 Å². The summed E-state index contributed by atoms with van der Waals surface area (Å²) in [6.45, 7) is 11.6. The number of likely N-dealkylation sites (tertiary alicyclic amines) is 1. The molecule has 3 heteroatoms. The highest BCUT2D eigenvalue weighted by Gasteiger charge is 2.25. The van der Waals surface area contributed by atoms with E-state index in [0.717, 1.165) is 44.4 Å². The summed E-state index contributed by atoms with van der Waals surface area (Å²) in [6.07, 6.45) is 2.22. The zero-order valence-corrected chi connectivity index (χ0v) is 11.1. The van der Waals surface area contributed by atoms with Crippen molar-refractivity contribution in [1.29, 1.82) is 0 Å². The lowest BCUT2D eigenvalue weighted by molar-refractivity contribution is 0.120. The molecule has 0 aromatic carbocycles. The molecule has 0 aliphatic carbocycles. The molecule has 0 saturated carbocycles. The van der Waals surface area contributed by atoms with E-state index in [9.17, 15) is 5.11 Å². The number of aliphatic hydroxyl groups excluding tert-OH is 1. The minimum atomic E-state index is -0.211. The van der Waals surface area contributed by atoms with Gasteiger partial charge in [0, 0.05) is 19.6 Å². The largest absolute Gasteiger partial charge is 0.390 e. The summed E-state index contributed by atoms with van der Waals surface area (Å²) in [5.41, 5.74) is 0. The highest BCUT2D eigenvalue weighted by molar-refractivity contribution is 4.79. The number of β-amino-alcohol motifs (C(OH)–C–C–N with tert-alkyl or cyclic N) is 1. The van der Waals surface area contributed by atoms with E-state index in [2.05, 4.69) is 31.0 Å². The fraction of sp³-hybridized carbons (Fsp3) is 1.00. The molecule has 0 amide bonds. The lowest BCUT2D eigenvalue weighted by atomic mass is 9.95. The second kappa shape index (κ2) is 7.25. The minimum absolute atomic E-state index is 0.211. The molecule has 2 N–H and O–H groups in total. The third-order valence-corrected chi connectivity index (χ3v) is 3.53. The average Bonchev–Trinajstić information content (AvgIpc) is 2.66. The lowest BCUT2D eigenvalue weighted by Gasteiger charge is -2.21. The number of nitrogens with one attached hydrogen (secondary N) is 1. The van der Waals surface area contributed by atoms with E-state index < -0.39 is 0 Å². The number of nitrogens with zero attached hydrogens (tertiary/aromatic N) is 1. The molecule has 0 bridgehead atoms. The molecule has 1 fully saturated rings. The van der Waals surface area contributed by atoms with Gasteiger partial charge in [0.25, 0.3) is 0 Å². The van der Waals surface area contributed by atoms with Gasteiger partial charge in [-0.25, -0.2) is 0 Å². The molecule has 0 radical (unpaired) electrons. The summed E-state index contributed by atoms with van der Waals surface area (Å²) < 4.78 is 0. The van der Waals surface area contributed by atoms with E-state index in [1.807, 2.05) is 0 Å². The Balaban J connectivity index is 2.13. The Morgan fingerprint density at radius 3 is 2.75 bits per heavy atom. The van der Waals surface area contributed by atoms with E-state index in [1.165, 1.54) is 13.0 Å². The monoisotopic (exact) mass is 228 g/mol. The van der Waals surface area contributed by atoms with E-state index in [4.69, 9.17) is 0 Å². The molecule has 0 spiro atoms. The van der Waals surface area contributed by atoms with Gasteiger partial charge in [-0.05, 0) is 37.8 Å². The van der Waals surface area contributed by atoms with Crippen molar-refractivity contribution < 1.29 is 5.11 Å². The molecule has 0 aromatic heterocycles. The van der Waals surface area contributed by atoms with Crippen LogP contribution in [-0.2, 0) is 0 Å². The highest BCUT2D eigenvalue weighted by Crippen LogP contribution is 2.23. The fourth-order valence-corrected chi connectivity index (χ4v) is 2.38. The maximum atomic E-state index is 9.86. The van der Waals surface area contributed by atoms with Crippen LogP contribution in [0, 0.1) is 11.8 Å². The normalized spacial score (nSPS) is 24.2. The van der Waals surface area contributed by atoms with E-state index in [-0.39, 0.29) is 6.10 Å². The van der Waals surface area contributed by atoms with Crippen LogP contribution in [-0.4, -0.2) is 48.8 Å². The topological polar surface area (TPSA) is 35.5 Å². The van der Waals surface area contributed by atoms with Gasteiger partial charge in [0.2, 0.25) is 0 Å². The van der Waals surface area contributed by atoms with Gasteiger partial charge in [-0.2, -0.15) is 0 Å². The Morgan fingerprint density at radius 2 is 2.19 bits per heavy atom. The predicted molar refractivity (Wildman–Crippen MR) is 68.6 cm³/mol. The number of hydrogen-bond acceptors (Lipinski definition) is 3. The average molecular weight is 228 g/mol. The molecule has 3 nitrogen and oxygen atoms in total. The number of hydrogen-bond donors (Lipinski definition) is 2. The standard InChI is InChI=1S/C13H28N2O/c1-4-6-14-8-13(16)10-15-7-5-12(9-15)11(2)3/h11-14,16H,4-10H2,1-3H3. The van der Waals surface area contributed by atoms with Crippen LogP contribution >= 0.6 is 0 Å². The molecule has 96 valence electrons. The van der Waals surface area contributed by atoms with Crippen molar-refractivity contribution in [2.24, 2.45) is 11.8 Å². The van der Waals surface area contributed by atoms with Gasteiger partial charge in [0.15, 0.2) is 0 Å². The molecule has 2 atom stereocenters. The van der Waals surface area contributed by atoms with Crippen LogP contribution in [0.25, 0.3) is 0 Å². The van der Waals surface area contributed by atoms with Crippen molar-refractivity contribution in [3.05, 3.63) is 0 Å². The molecular weight excluding hydrogens is 200 g/mol. The van der Waals surface area contributed by atoms with Gasteiger partial charge in [0.1, 0.15) is 0 Å². The second-order valence-electron chi connectivity index (χ2n) is 5.41. The highest BCUT2D eigenvalue weighted by atomic mass is 16.3.